The van der Waals surface area contributed by atoms with E-state index in [9.17, 15) is 0 Å². The number of allylic oxidation sites excluding steroid dienone is 1. The molecule has 1 heteroatoms. The summed E-state index contributed by atoms with van der Waals surface area (Å²) in [6, 6.07) is 11.2. The minimum Gasteiger partial charge on any atom is -0.386 e. The third-order valence-electron chi connectivity index (χ3n) is 3.11. The topological polar surface area (TPSA) is 12.0 Å². The third kappa shape index (κ3) is 7.05. The Morgan fingerprint density at radius 1 is 1.21 bits per heavy atom. The predicted molar refractivity (Wildman–Crippen MR) is 85.2 cm³/mol. The van der Waals surface area contributed by atoms with Crippen molar-refractivity contribution < 1.29 is 0 Å². The monoisotopic (exact) mass is 259 g/mol. The van der Waals surface area contributed by atoms with Crippen LogP contribution < -0.4 is 5.32 Å². The van der Waals surface area contributed by atoms with Crippen LogP contribution in [-0.4, -0.2) is 6.04 Å². The maximum Gasteiger partial charge on any atom is 0.0298 e. The summed E-state index contributed by atoms with van der Waals surface area (Å²) in [5.74, 6) is 0. The van der Waals surface area contributed by atoms with E-state index in [0.717, 1.165) is 12.8 Å². The van der Waals surface area contributed by atoms with Crippen molar-refractivity contribution in [3.8, 4) is 0 Å². The Morgan fingerprint density at radius 3 is 2.37 bits per heavy atom. The number of hydrogen-bond donors (Lipinski definition) is 1. The van der Waals surface area contributed by atoms with Crippen LogP contribution in [0.15, 0.2) is 42.6 Å². The summed E-state index contributed by atoms with van der Waals surface area (Å²) in [5, 5.41) is 3.63. The van der Waals surface area contributed by atoms with Gasteiger partial charge in [-0.05, 0) is 30.2 Å². The maximum atomic E-state index is 4.19. The molecule has 1 unspecified atom stereocenters. The molecule has 1 nitrogen and oxygen atoms in total. The molecule has 0 aliphatic carbocycles. The first-order valence-electron chi connectivity index (χ1n) is 7.39. The highest BCUT2D eigenvalue weighted by Crippen LogP contribution is 2.22. The van der Waals surface area contributed by atoms with E-state index in [1.54, 1.807) is 0 Å². The fourth-order valence-corrected chi connectivity index (χ4v) is 2.45. The summed E-state index contributed by atoms with van der Waals surface area (Å²) in [4.78, 5) is 0. The zero-order chi connectivity index (χ0) is 14.3. The molecular formula is C18H29N. The first kappa shape index (κ1) is 15.8. The lowest BCUT2D eigenvalue weighted by atomic mass is 9.90. The standard InChI is InChI=1S/C18H29N/c1-6-10-17(13-16-11-8-7-9-12-16)19-15(2)14-18(3,4)5/h7-9,11-12,17,19H,2,6,10,13-14H2,1,3-5H3. The van der Waals surface area contributed by atoms with E-state index in [4.69, 9.17) is 0 Å². The summed E-state index contributed by atoms with van der Waals surface area (Å²) in [6.45, 7) is 13.2. The quantitative estimate of drug-likeness (QED) is 0.731. The van der Waals surface area contributed by atoms with Gasteiger partial charge in [-0.15, -0.1) is 0 Å². The summed E-state index contributed by atoms with van der Waals surface area (Å²) in [7, 11) is 0. The van der Waals surface area contributed by atoms with Crippen LogP contribution in [0.1, 0.15) is 52.5 Å². The SMILES string of the molecule is C=C(CC(C)(C)C)NC(CCC)Cc1ccccc1. The molecule has 1 aromatic rings. The summed E-state index contributed by atoms with van der Waals surface area (Å²) in [5.41, 5.74) is 2.87. The number of nitrogens with one attached hydrogen (secondary N) is 1. The van der Waals surface area contributed by atoms with Crippen LogP contribution in [0.25, 0.3) is 0 Å². The molecule has 106 valence electrons. The molecule has 0 aliphatic heterocycles. The Kier molecular flexibility index (Phi) is 6.14. The number of benzene rings is 1. The van der Waals surface area contributed by atoms with Crippen molar-refractivity contribution in [1.29, 1.82) is 0 Å². The summed E-state index contributed by atoms with van der Waals surface area (Å²) >= 11 is 0. The van der Waals surface area contributed by atoms with Gasteiger partial charge in [0.25, 0.3) is 0 Å². The Hall–Kier alpha value is -1.24. The molecule has 1 N–H and O–H groups in total. The van der Waals surface area contributed by atoms with Gasteiger partial charge in [-0.2, -0.15) is 0 Å². The van der Waals surface area contributed by atoms with Gasteiger partial charge in [0, 0.05) is 11.7 Å². The van der Waals surface area contributed by atoms with Gasteiger partial charge in [0.15, 0.2) is 0 Å². The lowest BCUT2D eigenvalue weighted by Gasteiger charge is -2.25. The highest BCUT2D eigenvalue weighted by Gasteiger charge is 2.15. The van der Waals surface area contributed by atoms with Gasteiger partial charge >= 0.3 is 0 Å². The molecule has 0 saturated heterocycles. The minimum absolute atomic E-state index is 0.299. The van der Waals surface area contributed by atoms with E-state index in [0.29, 0.717) is 11.5 Å². The zero-order valence-corrected chi connectivity index (χ0v) is 13.0. The second-order valence-electron chi connectivity index (χ2n) is 6.66. The molecule has 0 bridgehead atoms. The van der Waals surface area contributed by atoms with Crippen molar-refractivity contribution in [1.82, 2.24) is 5.32 Å². The zero-order valence-electron chi connectivity index (χ0n) is 13.0. The van der Waals surface area contributed by atoms with Gasteiger partial charge in [-0.3, -0.25) is 0 Å². The van der Waals surface area contributed by atoms with Crippen LogP contribution in [0.5, 0.6) is 0 Å². The molecule has 0 radical (unpaired) electrons. The largest absolute Gasteiger partial charge is 0.386 e. The van der Waals surface area contributed by atoms with Gasteiger partial charge in [0.05, 0.1) is 0 Å². The van der Waals surface area contributed by atoms with E-state index >= 15 is 0 Å². The molecule has 0 heterocycles. The van der Waals surface area contributed by atoms with Crippen LogP contribution in [0.2, 0.25) is 0 Å². The molecule has 19 heavy (non-hydrogen) atoms. The lowest BCUT2D eigenvalue weighted by molar-refractivity contribution is 0.385. The number of hydrogen-bond acceptors (Lipinski definition) is 1. The van der Waals surface area contributed by atoms with Crippen LogP contribution in [0.4, 0.5) is 0 Å². The van der Waals surface area contributed by atoms with Gasteiger partial charge in [-0.1, -0.05) is 71.0 Å². The van der Waals surface area contributed by atoms with Gasteiger partial charge < -0.3 is 5.32 Å². The fourth-order valence-electron chi connectivity index (χ4n) is 2.45. The van der Waals surface area contributed by atoms with Crippen molar-refractivity contribution in [2.24, 2.45) is 5.41 Å². The first-order valence-corrected chi connectivity index (χ1v) is 7.39. The van der Waals surface area contributed by atoms with Gasteiger partial charge in [-0.25, -0.2) is 0 Å². The van der Waals surface area contributed by atoms with Crippen molar-refractivity contribution in [2.45, 2.75) is 59.4 Å². The van der Waals surface area contributed by atoms with Crippen molar-refractivity contribution in [2.75, 3.05) is 0 Å². The highest BCUT2D eigenvalue weighted by atomic mass is 14.9. The van der Waals surface area contributed by atoms with Crippen LogP contribution in [0, 0.1) is 5.41 Å². The van der Waals surface area contributed by atoms with Crippen LogP contribution >= 0.6 is 0 Å². The molecular weight excluding hydrogens is 230 g/mol. The molecule has 0 spiro atoms. The van der Waals surface area contributed by atoms with E-state index in [1.807, 2.05) is 0 Å². The minimum atomic E-state index is 0.299. The van der Waals surface area contributed by atoms with Gasteiger partial charge in [0.2, 0.25) is 0 Å². The smallest absolute Gasteiger partial charge is 0.0298 e. The Morgan fingerprint density at radius 2 is 1.84 bits per heavy atom. The van der Waals surface area contributed by atoms with E-state index < -0.39 is 0 Å². The van der Waals surface area contributed by atoms with Crippen molar-refractivity contribution in [3.63, 3.8) is 0 Å². The highest BCUT2D eigenvalue weighted by molar-refractivity contribution is 5.16. The second-order valence-corrected chi connectivity index (χ2v) is 6.66. The molecule has 1 rings (SSSR count). The van der Waals surface area contributed by atoms with Crippen LogP contribution in [-0.2, 0) is 6.42 Å². The second kappa shape index (κ2) is 7.37. The first-order chi connectivity index (χ1) is 8.90. The molecule has 0 saturated carbocycles. The molecule has 0 aromatic heterocycles. The van der Waals surface area contributed by atoms with Crippen LogP contribution in [0.3, 0.4) is 0 Å². The number of rotatable bonds is 7. The summed E-state index contributed by atoms with van der Waals surface area (Å²) in [6.07, 6.45) is 4.51. The summed E-state index contributed by atoms with van der Waals surface area (Å²) < 4.78 is 0. The molecule has 0 aliphatic rings. The average Bonchev–Trinajstić information content (AvgIpc) is 2.27. The molecule has 1 aromatic carbocycles. The van der Waals surface area contributed by atoms with E-state index in [2.05, 4.69) is 69.9 Å². The normalized spacial score (nSPS) is 13.1. The van der Waals surface area contributed by atoms with E-state index in [-0.39, 0.29) is 0 Å². The maximum absolute atomic E-state index is 4.19. The Labute approximate surface area is 119 Å². The third-order valence-corrected chi connectivity index (χ3v) is 3.11. The van der Waals surface area contributed by atoms with Crippen molar-refractivity contribution >= 4 is 0 Å². The predicted octanol–water partition coefficient (Wildman–Crippen LogP) is 4.94. The molecule has 0 amide bonds. The van der Waals surface area contributed by atoms with Gasteiger partial charge in [0.1, 0.15) is 0 Å². The van der Waals surface area contributed by atoms with E-state index in [1.165, 1.54) is 24.1 Å². The van der Waals surface area contributed by atoms with Crippen molar-refractivity contribution in [3.05, 3.63) is 48.2 Å². The average molecular weight is 259 g/mol. The fraction of sp³-hybridized carbons (Fsp3) is 0.556. The Bertz CT molecular complexity index is 372. The lowest BCUT2D eigenvalue weighted by Crippen LogP contribution is -2.31. The molecule has 1 atom stereocenters. The Balaban J connectivity index is 2.55. The molecule has 0 fully saturated rings.